The minimum absolute atomic E-state index is 0.0560. The summed E-state index contributed by atoms with van der Waals surface area (Å²) in [6.07, 6.45) is -0.0194. The number of rotatable bonds is 7. The van der Waals surface area contributed by atoms with Crippen LogP contribution in [0.3, 0.4) is 0 Å². The highest BCUT2D eigenvalue weighted by molar-refractivity contribution is 6.33. The number of aromatic nitrogens is 1. The van der Waals surface area contributed by atoms with Crippen molar-refractivity contribution in [1.29, 1.82) is 0 Å². The lowest BCUT2D eigenvalue weighted by Gasteiger charge is -2.08. The minimum atomic E-state index is -1.03. The predicted octanol–water partition coefficient (Wildman–Crippen LogP) is 3.61. The summed E-state index contributed by atoms with van der Waals surface area (Å²) < 4.78 is 13.1. The molecule has 0 fully saturated rings. The Morgan fingerprint density at radius 2 is 1.88 bits per heavy atom. The fraction of sp³-hybridized carbons (Fsp3) is 0.235. The van der Waals surface area contributed by atoms with Gasteiger partial charge in [-0.2, -0.15) is 0 Å². The molecule has 126 valence electrons. The zero-order valence-corrected chi connectivity index (χ0v) is 13.4. The molecule has 1 heterocycles. The molecule has 0 aliphatic heterocycles. The molecule has 2 N–H and O–H groups in total. The third kappa shape index (κ3) is 4.76. The molecule has 0 bridgehead atoms. The number of Topliss-reactive ketones (excluding diaryl/α,β-unsaturated/α-hetero) is 1. The summed E-state index contributed by atoms with van der Waals surface area (Å²) in [6.45, 7) is 0. The summed E-state index contributed by atoms with van der Waals surface area (Å²) in [7, 11) is 0. The number of halogens is 2. The smallest absolute Gasteiger partial charge is 0.303 e. The van der Waals surface area contributed by atoms with Crippen molar-refractivity contribution >= 4 is 23.4 Å². The lowest BCUT2D eigenvalue weighted by Crippen LogP contribution is -2.05. The number of carboxylic acid groups (broad SMARTS) is 1. The van der Waals surface area contributed by atoms with Crippen LogP contribution in [0.5, 0.6) is 5.75 Å². The molecule has 0 saturated carbocycles. The molecule has 24 heavy (non-hydrogen) atoms. The number of aromatic hydroxyl groups is 1. The van der Waals surface area contributed by atoms with E-state index in [2.05, 4.69) is 4.98 Å². The van der Waals surface area contributed by atoms with E-state index in [1.165, 1.54) is 24.3 Å². The van der Waals surface area contributed by atoms with Crippen molar-refractivity contribution in [3.63, 3.8) is 0 Å². The van der Waals surface area contributed by atoms with Gasteiger partial charge in [0.25, 0.3) is 0 Å². The van der Waals surface area contributed by atoms with Crippen LogP contribution in [-0.4, -0.2) is 26.9 Å². The number of benzene rings is 1. The van der Waals surface area contributed by atoms with Crippen LogP contribution in [0.15, 0.2) is 30.3 Å². The molecule has 0 saturated heterocycles. The zero-order chi connectivity index (χ0) is 17.7. The summed E-state index contributed by atoms with van der Waals surface area (Å²) in [5, 5.41) is 18.6. The molecule has 0 unspecified atom stereocenters. The van der Waals surface area contributed by atoms with E-state index in [4.69, 9.17) is 16.7 Å². The Balaban J connectivity index is 2.14. The van der Waals surface area contributed by atoms with Crippen LogP contribution in [0.25, 0.3) is 11.3 Å². The first-order valence-corrected chi connectivity index (χ1v) is 7.62. The topological polar surface area (TPSA) is 87.5 Å². The molecule has 2 aromatic rings. The summed E-state index contributed by atoms with van der Waals surface area (Å²) in [4.78, 5) is 26.4. The second-order valence-corrected chi connectivity index (χ2v) is 5.63. The SMILES string of the molecule is O=C(O)CCC(=O)CCc1nc(-c2ccc(F)cc2Cl)ccc1O. The molecule has 0 atom stereocenters. The van der Waals surface area contributed by atoms with Gasteiger partial charge in [-0.25, -0.2) is 9.37 Å². The van der Waals surface area contributed by atoms with Crippen LogP contribution in [0, 0.1) is 5.82 Å². The molecule has 2 rings (SSSR count). The third-order valence-corrected chi connectivity index (χ3v) is 3.73. The quantitative estimate of drug-likeness (QED) is 0.795. The maximum Gasteiger partial charge on any atom is 0.303 e. The average Bonchev–Trinajstić information content (AvgIpc) is 2.52. The Morgan fingerprint density at radius 1 is 1.12 bits per heavy atom. The molecule has 0 aliphatic rings. The number of hydrogen-bond donors (Lipinski definition) is 2. The molecule has 0 aliphatic carbocycles. The highest BCUT2D eigenvalue weighted by Crippen LogP contribution is 2.29. The van der Waals surface area contributed by atoms with Crippen LogP contribution in [0.1, 0.15) is 25.0 Å². The van der Waals surface area contributed by atoms with E-state index >= 15 is 0 Å². The van der Waals surface area contributed by atoms with Gasteiger partial charge in [-0.3, -0.25) is 9.59 Å². The van der Waals surface area contributed by atoms with Crippen LogP contribution in [0.4, 0.5) is 4.39 Å². The monoisotopic (exact) mass is 351 g/mol. The van der Waals surface area contributed by atoms with Gasteiger partial charge in [0.1, 0.15) is 17.3 Å². The van der Waals surface area contributed by atoms with E-state index in [9.17, 15) is 19.1 Å². The number of aliphatic carboxylic acids is 1. The van der Waals surface area contributed by atoms with Crippen LogP contribution < -0.4 is 0 Å². The Morgan fingerprint density at radius 3 is 2.54 bits per heavy atom. The first-order chi connectivity index (χ1) is 11.4. The first-order valence-electron chi connectivity index (χ1n) is 7.24. The second-order valence-electron chi connectivity index (χ2n) is 5.22. The van der Waals surface area contributed by atoms with Gasteiger partial charge in [0.2, 0.25) is 0 Å². The van der Waals surface area contributed by atoms with Gasteiger partial charge in [0.15, 0.2) is 0 Å². The first kappa shape index (κ1) is 17.9. The van der Waals surface area contributed by atoms with Gasteiger partial charge in [-0.15, -0.1) is 0 Å². The van der Waals surface area contributed by atoms with Crippen LogP contribution >= 0.6 is 11.6 Å². The maximum absolute atomic E-state index is 13.1. The number of pyridine rings is 1. The van der Waals surface area contributed by atoms with Crippen LogP contribution in [0.2, 0.25) is 5.02 Å². The van der Waals surface area contributed by atoms with E-state index in [-0.39, 0.29) is 42.2 Å². The predicted molar refractivity (Wildman–Crippen MR) is 86.5 cm³/mol. The summed E-state index contributed by atoms with van der Waals surface area (Å²) in [5.74, 6) is -1.78. The number of hydrogen-bond acceptors (Lipinski definition) is 4. The van der Waals surface area contributed by atoms with Crippen molar-refractivity contribution in [3.05, 3.63) is 46.9 Å². The summed E-state index contributed by atoms with van der Waals surface area (Å²) in [5.41, 5.74) is 1.26. The Kier molecular flexibility index (Phi) is 5.87. The lowest BCUT2D eigenvalue weighted by molar-refractivity contribution is -0.138. The molecule has 1 aromatic carbocycles. The molecule has 0 amide bonds. The van der Waals surface area contributed by atoms with Gasteiger partial charge < -0.3 is 10.2 Å². The number of nitrogens with zero attached hydrogens (tertiary/aromatic N) is 1. The van der Waals surface area contributed by atoms with Gasteiger partial charge in [-0.1, -0.05) is 11.6 Å². The van der Waals surface area contributed by atoms with Crippen molar-refractivity contribution in [3.8, 4) is 17.0 Å². The number of ketones is 1. The fourth-order valence-electron chi connectivity index (χ4n) is 2.15. The van der Waals surface area contributed by atoms with Gasteiger partial charge in [-0.05, 0) is 30.3 Å². The molecular weight excluding hydrogens is 337 g/mol. The van der Waals surface area contributed by atoms with E-state index < -0.39 is 11.8 Å². The van der Waals surface area contributed by atoms with Crippen molar-refractivity contribution in [2.45, 2.75) is 25.7 Å². The lowest BCUT2D eigenvalue weighted by atomic mass is 10.1. The second kappa shape index (κ2) is 7.88. The van der Waals surface area contributed by atoms with Crippen LogP contribution in [-0.2, 0) is 16.0 Å². The number of carbonyl (C=O) groups is 2. The Hall–Kier alpha value is -2.47. The van der Waals surface area contributed by atoms with Crippen molar-refractivity contribution in [2.75, 3.05) is 0 Å². The molecule has 5 nitrogen and oxygen atoms in total. The standard InChI is InChI=1S/C17H15ClFNO4/c18-13-9-10(19)1-4-12(13)14-6-7-16(22)15(20-14)5-2-11(21)3-8-17(23)24/h1,4,6-7,9,22H,2-3,5,8H2,(H,23,24). The third-order valence-electron chi connectivity index (χ3n) is 3.42. The van der Waals surface area contributed by atoms with E-state index in [1.807, 2.05) is 0 Å². The van der Waals surface area contributed by atoms with Gasteiger partial charge >= 0.3 is 5.97 Å². The van der Waals surface area contributed by atoms with E-state index in [1.54, 1.807) is 6.07 Å². The fourth-order valence-corrected chi connectivity index (χ4v) is 2.42. The molecule has 0 radical (unpaired) electrons. The Bertz CT molecular complexity index is 779. The van der Waals surface area contributed by atoms with E-state index in [0.29, 0.717) is 17.0 Å². The van der Waals surface area contributed by atoms with E-state index in [0.717, 1.165) is 0 Å². The number of aryl methyl sites for hydroxylation is 1. The average molecular weight is 352 g/mol. The molecule has 0 spiro atoms. The number of carboxylic acids is 1. The normalized spacial score (nSPS) is 10.6. The van der Waals surface area contributed by atoms with Crippen molar-refractivity contribution < 1.29 is 24.2 Å². The Labute approximate surface area is 142 Å². The molecule has 1 aromatic heterocycles. The molecular formula is C17H15ClFNO4. The maximum atomic E-state index is 13.1. The highest BCUT2D eigenvalue weighted by atomic mass is 35.5. The van der Waals surface area contributed by atoms with Crippen molar-refractivity contribution in [2.24, 2.45) is 0 Å². The largest absolute Gasteiger partial charge is 0.506 e. The minimum Gasteiger partial charge on any atom is -0.506 e. The number of carbonyl (C=O) groups excluding carboxylic acids is 1. The summed E-state index contributed by atoms with van der Waals surface area (Å²) in [6, 6.07) is 6.88. The van der Waals surface area contributed by atoms with Gasteiger partial charge in [0, 0.05) is 24.8 Å². The molecule has 7 heteroatoms. The summed E-state index contributed by atoms with van der Waals surface area (Å²) >= 11 is 6.00. The highest BCUT2D eigenvalue weighted by Gasteiger charge is 2.12. The zero-order valence-electron chi connectivity index (χ0n) is 12.6. The van der Waals surface area contributed by atoms with Gasteiger partial charge in [0.05, 0.1) is 22.8 Å². The van der Waals surface area contributed by atoms with Crippen molar-refractivity contribution in [1.82, 2.24) is 4.98 Å².